The largest absolute Gasteiger partial charge is 0.481 e. The third-order valence-corrected chi connectivity index (χ3v) is 4.62. The Bertz CT molecular complexity index is 575. The van der Waals surface area contributed by atoms with E-state index in [1.165, 1.54) is 25.0 Å². The molecule has 2 aliphatic carbocycles. The van der Waals surface area contributed by atoms with Gasteiger partial charge in [-0.1, -0.05) is 18.9 Å². The number of carbonyl (C=O) groups excluding carboxylic acids is 1. The Balaban J connectivity index is 1.64. The number of hydrogen-bond donors (Lipinski definition) is 2. The molecule has 0 spiro atoms. The van der Waals surface area contributed by atoms with Crippen molar-refractivity contribution in [3.63, 3.8) is 0 Å². The second-order valence-electron chi connectivity index (χ2n) is 6.00. The standard InChI is InChI=1S/C16H18FNO3/c17-13-8-10(6-5-9(13)7-14(19)20)18-16(21)15-11-3-1-2-4-12(11)15/h5-6,8,11-12,15H,1-4,7H2,(H,18,21)(H,19,20). The molecular formula is C16H18FNO3. The van der Waals surface area contributed by atoms with Gasteiger partial charge in [0, 0.05) is 11.6 Å². The molecule has 0 radical (unpaired) electrons. The lowest BCUT2D eigenvalue weighted by molar-refractivity contribution is -0.136. The molecule has 0 aliphatic heterocycles. The van der Waals surface area contributed by atoms with E-state index in [0.29, 0.717) is 17.5 Å². The van der Waals surface area contributed by atoms with Gasteiger partial charge < -0.3 is 10.4 Å². The van der Waals surface area contributed by atoms with Gasteiger partial charge >= 0.3 is 5.97 Å². The molecule has 4 nitrogen and oxygen atoms in total. The Labute approximate surface area is 122 Å². The summed E-state index contributed by atoms with van der Waals surface area (Å²) in [7, 11) is 0. The van der Waals surface area contributed by atoms with Crippen LogP contribution in [-0.2, 0) is 16.0 Å². The zero-order chi connectivity index (χ0) is 15.0. The first-order chi connectivity index (χ1) is 10.1. The minimum Gasteiger partial charge on any atom is -0.481 e. The Morgan fingerprint density at radius 3 is 2.48 bits per heavy atom. The van der Waals surface area contributed by atoms with Crippen molar-refractivity contribution in [2.75, 3.05) is 5.32 Å². The van der Waals surface area contributed by atoms with E-state index in [1.807, 2.05) is 0 Å². The number of rotatable bonds is 4. The first-order valence-corrected chi connectivity index (χ1v) is 7.37. The number of carbonyl (C=O) groups is 2. The van der Waals surface area contributed by atoms with E-state index >= 15 is 0 Å². The van der Waals surface area contributed by atoms with E-state index in [0.717, 1.165) is 12.8 Å². The van der Waals surface area contributed by atoms with Crippen molar-refractivity contribution in [3.8, 4) is 0 Å². The van der Waals surface area contributed by atoms with Crippen LogP contribution in [0.2, 0.25) is 0 Å². The number of hydrogen-bond acceptors (Lipinski definition) is 2. The number of carboxylic acid groups (broad SMARTS) is 1. The maximum absolute atomic E-state index is 13.8. The molecule has 1 aromatic carbocycles. The molecule has 2 aliphatic rings. The van der Waals surface area contributed by atoms with Crippen molar-refractivity contribution < 1.29 is 19.1 Å². The third-order valence-electron chi connectivity index (χ3n) is 4.62. The Morgan fingerprint density at radius 1 is 1.24 bits per heavy atom. The molecule has 112 valence electrons. The van der Waals surface area contributed by atoms with Crippen molar-refractivity contribution in [1.29, 1.82) is 0 Å². The van der Waals surface area contributed by atoms with Crippen LogP contribution in [0.3, 0.4) is 0 Å². The fraction of sp³-hybridized carbons (Fsp3) is 0.500. The van der Waals surface area contributed by atoms with Gasteiger partial charge in [-0.2, -0.15) is 0 Å². The van der Waals surface area contributed by atoms with Crippen molar-refractivity contribution in [3.05, 3.63) is 29.6 Å². The Hall–Kier alpha value is -1.91. The van der Waals surface area contributed by atoms with Crippen molar-refractivity contribution in [2.24, 2.45) is 17.8 Å². The first kappa shape index (κ1) is 14.0. The minimum absolute atomic E-state index is 0.0303. The molecule has 0 heterocycles. The van der Waals surface area contributed by atoms with Gasteiger partial charge in [-0.15, -0.1) is 0 Å². The molecule has 21 heavy (non-hydrogen) atoms. The summed E-state index contributed by atoms with van der Waals surface area (Å²) < 4.78 is 13.8. The summed E-state index contributed by atoms with van der Waals surface area (Å²) in [4.78, 5) is 22.8. The average Bonchev–Trinajstić information content (AvgIpc) is 3.16. The summed E-state index contributed by atoms with van der Waals surface area (Å²) in [5, 5.41) is 11.4. The van der Waals surface area contributed by atoms with Gasteiger partial charge in [0.25, 0.3) is 0 Å². The Morgan fingerprint density at radius 2 is 1.90 bits per heavy atom. The zero-order valence-corrected chi connectivity index (χ0v) is 11.6. The number of nitrogens with one attached hydrogen (secondary N) is 1. The van der Waals surface area contributed by atoms with Crippen LogP contribution in [0.5, 0.6) is 0 Å². The number of anilines is 1. The number of benzene rings is 1. The molecule has 2 atom stereocenters. The summed E-state index contributed by atoms with van der Waals surface area (Å²) >= 11 is 0. The van der Waals surface area contributed by atoms with Gasteiger partial charge in [0.2, 0.25) is 5.91 Å². The highest BCUT2D eigenvalue weighted by Gasteiger charge is 2.54. The van der Waals surface area contributed by atoms with Crippen LogP contribution in [0.25, 0.3) is 0 Å². The third kappa shape index (κ3) is 2.91. The van der Waals surface area contributed by atoms with E-state index in [-0.39, 0.29) is 23.8 Å². The summed E-state index contributed by atoms with van der Waals surface area (Å²) in [5.74, 6) is -0.604. The quantitative estimate of drug-likeness (QED) is 0.896. The molecule has 2 fully saturated rings. The van der Waals surface area contributed by atoms with Crippen LogP contribution in [0, 0.1) is 23.6 Å². The number of aliphatic carboxylic acids is 1. The molecule has 1 amide bonds. The summed E-state index contributed by atoms with van der Waals surface area (Å²) in [6, 6.07) is 4.17. The first-order valence-electron chi connectivity index (χ1n) is 7.37. The molecule has 0 saturated heterocycles. The molecule has 2 N–H and O–H groups in total. The second-order valence-corrected chi connectivity index (χ2v) is 6.00. The molecule has 3 rings (SSSR count). The van der Waals surface area contributed by atoms with E-state index in [4.69, 9.17) is 5.11 Å². The van der Waals surface area contributed by atoms with Crippen LogP contribution >= 0.6 is 0 Å². The SMILES string of the molecule is O=C(O)Cc1ccc(NC(=O)C2C3CCCCC32)cc1F. The fourth-order valence-corrected chi connectivity index (χ4v) is 3.54. The highest BCUT2D eigenvalue weighted by atomic mass is 19.1. The molecule has 2 saturated carbocycles. The van der Waals surface area contributed by atoms with Gasteiger partial charge in [-0.05, 0) is 42.4 Å². The van der Waals surface area contributed by atoms with Crippen LogP contribution in [0.15, 0.2) is 18.2 Å². The normalized spacial score (nSPS) is 26.8. The number of amides is 1. The molecule has 0 bridgehead atoms. The van der Waals surface area contributed by atoms with Crippen LogP contribution in [0.1, 0.15) is 31.2 Å². The van der Waals surface area contributed by atoms with Crippen LogP contribution in [0.4, 0.5) is 10.1 Å². The summed E-state index contributed by atoms with van der Waals surface area (Å²) in [5.41, 5.74) is 0.524. The van der Waals surface area contributed by atoms with E-state index < -0.39 is 11.8 Å². The lowest BCUT2D eigenvalue weighted by atomic mass is 10.0. The minimum atomic E-state index is -1.08. The van der Waals surface area contributed by atoms with Crippen molar-refractivity contribution >= 4 is 17.6 Å². The number of halogens is 1. The summed E-state index contributed by atoms with van der Waals surface area (Å²) in [6.07, 6.45) is 4.28. The molecular weight excluding hydrogens is 273 g/mol. The van der Waals surface area contributed by atoms with E-state index in [9.17, 15) is 14.0 Å². The highest BCUT2D eigenvalue weighted by molar-refractivity contribution is 5.95. The number of carboxylic acids is 1. The summed E-state index contributed by atoms with van der Waals surface area (Å²) in [6.45, 7) is 0. The van der Waals surface area contributed by atoms with Gasteiger partial charge in [-0.25, -0.2) is 4.39 Å². The van der Waals surface area contributed by atoms with Gasteiger partial charge in [0.05, 0.1) is 6.42 Å². The van der Waals surface area contributed by atoms with Gasteiger partial charge in [0.15, 0.2) is 0 Å². The van der Waals surface area contributed by atoms with Crippen molar-refractivity contribution in [2.45, 2.75) is 32.1 Å². The Kier molecular flexibility index (Phi) is 3.66. The zero-order valence-electron chi connectivity index (χ0n) is 11.6. The predicted molar refractivity (Wildman–Crippen MR) is 75.3 cm³/mol. The van der Waals surface area contributed by atoms with Gasteiger partial charge in [-0.3, -0.25) is 9.59 Å². The average molecular weight is 291 g/mol. The predicted octanol–water partition coefficient (Wildman–Crippen LogP) is 2.83. The number of fused-ring (bicyclic) bond motifs is 1. The molecule has 1 aromatic rings. The monoisotopic (exact) mass is 291 g/mol. The maximum Gasteiger partial charge on any atom is 0.307 e. The van der Waals surface area contributed by atoms with Crippen molar-refractivity contribution in [1.82, 2.24) is 0 Å². The molecule has 2 unspecified atom stereocenters. The highest BCUT2D eigenvalue weighted by Crippen LogP contribution is 2.55. The van der Waals surface area contributed by atoms with Crippen LogP contribution < -0.4 is 5.32 Å². The fourth-order valence-electron chi connectivity index (χ4n) is 3.54. The van der Waals surface area contributed by atoms with E-state index in [2.05, 4.69) is 5.32 Å². The second kappa shape index (κ2) is 5.47. The lowest BCUT2D eigenvalue weighted by Gasteiger charge is -2.07. The molecule has 5 heteroatoms. The lowest BCUT2D eigenvalue weighted by Crippen LogP contribution is -2.16. The van der Waals surface area contributed by atoms with Crippen LogP contribution in [-0.4, -0.2) is 17.0 Å². The smallest absolute Gasteiger partial charge is 0.307 e. The topological polar surface area (TPSA) is 66.4 Å². The van der Waals surface area contributed by atoms with E-state index in [1.54, 1.807) is 6.07 Å². The molecule has 0 aromatic heterocycles. The maximum atomic E-state index is 13.8. The van der Waals surface area contributed by atoms with Gasteiger partial charge in [0.1, 0.15) is 5.82 Å².